The van der Waals surface area contributed by atoms with E-state index in [9.17, 15) is 13.6 Å². The lowest BCUT2D eigenvalue weighted by Crippen LogP contribution is -2.44. The summed E-state index contributed by atoms with van der Waals surface area (Å²) in [4.78, 5) is 11.9. The Labute approximate surface area is 112 Å². The molecule has 0 saturated carbocycles. The maximum absolute atomic E-state index is 11.9. The third kappa shape index (κ3) is 6.26. The first-order chi connectivity index (χ1) is 9.15. The Hall–Kier alpha value is -0.790. The van der Waals surface area contributed by atoms with E-state index in [4.69, 9.17) is 4.74 Å². The monoisotopic (exact) mass is 280 g/mol. The fourth-order valence-electron chi connectivity index (χ4n) is 1.89. The largest absolute Gasteiger partial charge is 0.379 e. The minimum absolute atomic E-state index is 0.0296. The lowest BCUT2D eigenvalue weighted by atomic mass is 10.0. The molecular weight excluding hydrogens is 258 g/mol. The maximum atomic E-state index is 11.9. The molecule has 1 heterocycles. The number of carbonyl (C=O) groups is 1. The number of hydrogen-bond acceptors (Lipinski definition) is 4. The molecule has 19 heavy (non-hydrogen) atoms. The van der Waals surface area contributed by atoms with Crippen LogP contribution in [-0.4, -0.2) is 57.9 Å². The van der Waals surface area contributed by atoms with E-state index in [1.54, 1.807) is 0 Å². The highest BCUT2D eigenvalue weighted by atomic mass is 19.3. The van der Waals surface area contributed by atoms with Crippen LogP contribution in [0.1, 0.15) is 13.3 Å². The Morgan fingerprint density at radius 3 is 2.89 bits per heavy atom. The minimum Gasteiger partial charge on any atom is -0.379 e. The van der Waals surface area contributed by atoms with E-state index >= 15 is 0 Å². The third-order valence-electron chi connectivity index (χ3n) is 2.86. The van der Waals surface area contributed by atoms with Gasteiger partial charge in [-0.1, -0.05) is 6.92 Å². The van der Waals surface area contributed by atoms with Gasteiger partial charge in [0.2, 0.25) is 5.91 Å². The Kier molecular flexibility index (Phi) is 7.85. The van der Waals surface area contributed by atoms with Crippen molar-refractivity contribution in [3.8, 4) is 0 Å². The van der Waals surface area contributed by atoms with Gasteiger partial charge >= 0.3 is 0 Å². The number of amides is 1. The topological polar surface area (TPSA) is 59.6 Å². The Morgan fingerprint density at radius 1 is 1.42 bits per heavy atom. The summed E-state index contributed by atoms with van der Waals surface area (Å²) in [5.41, 5.74) is 0. The smallest absolute Gasteiger partial charge is 0.261 e. The van der Waals surface area contributed by atoms with Crippen molar-refractivity contribution in [3.05, 3.63) is 0 Å². The number of hydrogen-bond donors (Lipinski definition) is 2. The van der Waals surface area contributed by atoms with Crippen LogP contribution in [-0.2, 0) is 14.3 Å². The molecule has 5 nitrogen and oxygen atoms in total. The minimum atomic E-state index is -2.47. The Balaban J connectivity index is 2.17. The van der Waals surface area contributed by atoms with Crippen LogP contribution in [0.3, 0.4) is 0 Å². The van der Waals surface area contributed by atoms with Crippen molar-refractivity contribution in [1.29, 1.82) is 0 Å². The lowest BCUT2D eigenvalue weighted by molar-refractivity contribution is -0.125. The fraction of sp³-hybridized carbons (Fsp3) is 0.917. The molecule has 0 aliphatic carbocycles. The molecule has 0 aromatic rings. The molecule has 1 saturated heterocycles. The summed E-state index contributed by atoms with van der Waals surface area (Å²) < 4.78 is 33.6. The average Bonchev–Trinajstić information content (AvgIpc) is 2.83. The molecule has 1 fully saturated rings. The molecule has 0 aromatic carbocycles. The second-order valence-electron chi connectivity index (χ2n) is 4.46. The zero-order valence-electron chi connectivity index (χ0n) is 11.2. The van der Waals surface area contributed by atoms with E-state index in [0.717, 1.165) is 13.0 Å². The molecule has 1 rings (SSSR count). The van der Waals surface area contributed by atoms with Crippen LogP contribution < -0.4 is 10.6 Å². The summed E-state index contributed by atoms with van der Waals surface area (Å²) in [7, 11) is 0. The predicted octanol–water partition coefficient (Wildman–Crippen LogP) is 0.399. The number of ether oxygens (including phenoxy) is 2. The van der Waals surface area contributed by atoms with Gasteiger partial charge in [0.05, 0.1) is 25.7 Å². The summed E-state index contributed by atoms with van der Waals surface area (Å²) in [6, 6.07) is 0.0296. The quantitative estimate of drug-likeness (QED) is 0.600. The first kappa shape index (κ1) is 16.3. The van der Waals surface area contributed by atoms with Crippen LogP contribution in [0.15, 0.2) is 0 Å². The molecule has 2 unspecified atom stereocenters. The standard InChI is InChI=1S/C12H22F2N2O3/c1-2-3-15-10-7-19-6-9(10)12(17)16-4-5-18-8-11(13)14/h9-11,15H,2-8H2,1H3,(H,16,17). The van der Waals surface area contributed by atoms with Gasteiger partial charge in [-0.3, -0.25) is 4.79 Å². The molecule has 0 spiro atoms. The van der Waals surface area contributed by atoms with Gasteiger partial charge in [0.25, 0.3) is 6.43 Å². The first-order valence-corrected chi connectivity index (χ1v) is 6.59. The van der Waals surface area contributed by atoms with E-state index in [1.165, 1.54) is 0 Å². The zero-order valence-corrected chi connectivity index (χ0v) is 11.2. The molecule has 2 N–H and O–H groups in total. The van der Waals surface area contributed by atoms with Gasteiger partial charge in [-0.15, -0.1) is 0 Å². The molecule has 112 valence electrons. The summed E-state index contributed by atoms with van der Waals surface area (Å²) in [6.07, 6.45) is -1.48. The van der Waals surface area contributed by atoms with E-state index in [2.05, 4.69) is 22.3 Å². The van der Waals surface area contributed by atoms with Gasteiger partial charge in [-0.05, 0) is 13.0 Å². The van der Waals surface area contributed by atoms with Crippen LogP contribution in [0.2, 0.25) is 0 Å². The van der Waals surface area contributed by atoms with Crippen LogP contribution in [0, 0.1) is 5.92 Å². The highest BCUT2D eigenvalue weighted by Gasteiger charge is 2.33. The van der Waals surface area contributed by atoms with Crippen LogP contribution in [0.25, 0.3) is 0 Å². The highest BCUT2D eigenvalue weighted by molar-refractivity contribution is 5.79. The molecule has 2 atom stereocenters. The van der Waals surface area contributed by atoms with Crippen LogP contribution >= 0.6 is 0 Å². The number of halogens is 2. The maximum Gasteiger partial charge on any atom is 0.261 e. The second kappa shape index (κ2) is 9.17. The van der Waals surface area contributed by atoms with Gasteiger partial charge in [0.15, 0.2) is 0 Å². The van der Waals surface area contributed by atoms with E-state index < -0.39 is 13.0 Å². The average molecular weight is 280 g/mol. The van der Waals surface area contributed by atoms with Crippen molar-refractivity contribution in [1.82, 2.24) is 10.6 Å². The normalized spacial score (nSPS) is 22.9. The summed E-state index contributed by atoms with van der Waals surface area (Å²) in [6.45, 7) is 3.56. The number of rotatable bonds is 9. The van der Waals surface area contributed by atoms with Crippen molar-refractivity contribution in [3.63, 3.8) is 0 Å². The molecule has 1 aliphatic rings. The van der Waals surface area contributed by atoms with Crippen molar-refractivity contribution >= 4 is 5.91 Å². The molecule has 1 aliphatic heterocycles. The van der Waals surface area contributed by atoms with Gasteiger partial charge in [-0.2, -0.15) is 0 Å². The summed E-state index contributed by atoms with van der Waals surface area (Å²) in [5, 5.41) is 5.94. The molecule has 7 heteroatoms. The van der Waals surface area contributed by atoms with Crippen molar-refractivity contribution in [2.24, 2.45) is 5.92 Å². The molecule has 0 bridgehead atoms. The Bertz CT molecular complexity index is 267. The number of nitrogens with one attached hydrogen (secondary N) is 2. The van der Waals surface area contributed by atoms with Gasteiger partial charge in [-0.25, -0.2) is 8.78 Å². The third-order valence-corrected chi connectivity index (χ3v) is 2.86. The first-order valence-electron chi connectivity index (χ1n) is 6.59. The fourth-order valence-corrected chi connectivity index (χ4v) is 1.89. The van der Waals surface area contributed by atoms with Gasteiger partial charge < -0.3 is 20.1 Å². The molecule has 1 amide bonds. The predicted molar refractivity (Wildman–Crippen MR) is 66.2 cm³/mol. The van der Waals surface area contributed by atoms with E-state index in [1.807, 2.05) is 0 Å². The number of alkyl halides is 2. The van der Waals surface area contributed by atoms with Gasteiger partial charge in [0, 0.05) is 12.6 Å². The summed E-state index contributed by atoms with van der Waals surface area (Å²) in [5.74, 6) is -0.339. The van der Waals surface area contributed by atoms with E-state index in [0.29, 0.717) is 13.2 Å². The van der Waals surface area contributed by atoms with E-state index in [-0.39, 0.29) is 31.0 Å². The zero-order chi connectivity index (χ0) is 14.1. The van der Waals surface area contributed by atoms with Crippen molar-refractivity contribution in [2.45, 2.75) is 25.8 Å². The van der Waals surface area contributed by atoms with Crippen molar-refractivity contribution < 1.29 is 23.0 Å². The molecule has 0 radical (unpaired) electrons. The van der Waals surface area contributed by atoms with Gasteiger partial charge in [0.1, 0.15) is 6.61 Å². The van der Waals surface area contributed by atoms with Crippen LogP contribution in [0.4, 0.5) is 8.78 Å². The lowest BCUT2D eigenvalue weighted by Gasteiger charge is -2.18. The highest BCUT2D eigenvalue weighted by Crippen LogP contribution is 2.13. The molecular formula is C12H22F2N2O3. The molecule has 0 aromatic heterocycles. The number of carbonyl (C=O) groups excluding carboxylic acids is 1. The Morgan fingerprint density at radius 2 is 2.21 bits per heavy atom. The second-order valence-corrected chi connectivity index (χ2v) is 4.46. The van der Waals surface area contributed by atoms with Crippen LogP contribution in [0.5, 0.6) is 0 Å². The van der Waals surface area contributed by atoms with Crippen molar-refractivity contribution in [2.75, 3.05) is 39.5 Å². The summed E-state index contributed by atoms with van der Waals surface area (Å²) >= 11 is 0. The SMILES string of the molecule is CCCNC1COCC1C(=O)NCCOCC(F)F.